The van der Waals surface area contributed by atoms with E-state index < -0.39 is 0 Å². The van der Waals surface area contributed by atoms with Gasteiger partial charge >= 0.3 is 0 Å². The Morgan fingerprint density at radius 1 is 0.964 bits per heavy atom. The second-order valence-corrected chi connectivity index (χ2v) is 7.99. The van der Waals surface area contributed by atoms with Gasteiger partial charge in [0.05, 0.1) is 6.42 Å². The molecule has 5 nitrogen and oxygen atoms in total. The molecule has 7 heteroatoms. The lowest BCUT2D eigenvalue weighted by atomic mass is 10.1. The molecule has 4 rings (SSSR count). The summed E-state index contributed by atoms with van der Waals surface area (Å²) in [7, 11) is 0. The number of carbonyl (C=O) groups excluding carboxylic acids is 1. The van der Waals surface area contributed by atoms with Crippen molar-refractivity contribution in [1.29, 1.82) is 0 Å². The van der Waals surface area contributed by atoms with Crippen molar-refractivity contribution in [2.75, 3.05) is 31.1 Å². The minimum Gasteiger partial charge on any atom is -0.343 e. The zero-order valence-corrected chi connectivity index (χ0v) is 17.0. The highest BCUT2D eigenvalue weighted by Gasteiger charge is 2.23. The van der Waals surface area contributed by atoms with E-state index in [0.717, 1.165) is 53.3 Å². The summed E-state index contributed by atoms with van der Waals surface area (Å²) in [6.07, 6.45) is 1.16. The molecular formula is C21H21ClN4OS. The maximum atomic E-state index is 12.5. The van der Waals surface area contributed by atoms with Crippen molar-refractivity contribution in [3.63, 3.8) is 0 Å². The van der Waals surface area contributed by atoms with Crippen molar-refractivity contribution in [1.82, 2.24) is 14.3 Å². The summed E-state index contributed by atoms with van der Waals surface area (Å²) < 4.78 is 4.49. The molecule has 0 saturated carbocycles. The van der Waals surface area contributed by atoms with Gasteiger partial charge < -0.3 is 9.80 Å². The van der Waals surface area contributed by atoms with Gasteiger partial charge in [-0.1, -0.05) is 54.1 Å². The van der Waals surface area contributed by atoms with Crippen LogP contribution >= 0.6 is 23.1 Å². The molecule has 28 heavy (non-hydrogen) atoms. The van der Waals surface area contributed by atoms with E-state index in [1.54, 1.807) is 0 Å². The van der Waals surface area contributed by atoms with Crippen LogP contribution in [0, 0.1) is 0 Å². The Bertz CT molecular complexity index is 921. The molecule has 144 valence electrons. The molecule has 1 aliphatic heterocycles. The summed E-state index contributed by atoms with van der Waals surface area (Å²) in [5.41, 5.74) is 2.20. The van der Waals surface area contributed by atoms with Gasteiger partial charge in [-0.15, -0.1) is 0 Å². The number of aromatic nitrogens is 2. The first-order valence-corrected chi connectivity index (χ1v) is 10.5. The molecular weight excluding hydrogens is 392 g/mol. The summed E-state index contributed by atoms with van der Waals surface area (Å²) in [4.78, 5) is 21.4. The van der Waals surface area contributed by atoms with Gasteiger partial charge in [0.1, 0.15) is 5.82 Å². The number of hydrogen-bond acceptors (Lipinski definition) is 5. The van der Waals surface area contributed by atoms with Gasteiger partial charge in [0.15, 0.2) is 0 Å². The maximum absolute atomic E-state index is 12.5. The molecule has 0 radical (unpaired) electrons. The Kier molecular flexibility index (Phi) is 5.88. The average Bonchev–Trinajstić information content (AvgIpc) is 3.19. The van der Waals surface area contributed by atoms with Gasteiger partial charge in [-0.05, 0) is 23.3 Å². The molecule has 2 aromatic carbocycles. The molecule has 0 unspecified atom stereocenters. The number of halogens is 1. The van der Waals surface area contributed by atoms with Gasteiger partial charge in [0.2, 0.25) is 11.0 Å². The van der Waals surface area contributed by atoms with Crippen LogP contribution in [0.25, 0.3) is 0 Å². The first kappa shape index (κ1) is 18.9. The van der Waals surface area contributed by atoms with Gasteiger partial charge in [0.25, 0.3) is 0 Å². The fourth-order valence-corrected chi connectivity index (χ4v) is 4.12. The van der Waals surface area contributed by atoms with Crippen molar-refractivity contribution in [3.8, 4) is 0 Å². The first-order chi connectivity index (χ1) is 13.7. The van der Waals surface area contributed by atoms with Gasteiger partial charge in [-0.25, -0.2) is 4.98 Å². The van der Waals surface area contributed by atoms with Crippen LogP contribution in [0.2, 0.25) is 5.02 Å². The van der Waals surface area contributed by atoms with E-state index in [1.165, 1.54) is 11.5 Å². The Morgan fingerprint density at radius 2 is 1.68 bits per heavy atom. The SMILES string of the molecule is O=C(Cc1ccccc1)N1CCN(c2nc(Cc3ccc(Cl)cc3)ns2)CC1. The topological polar surface area (TPSA) is 49.3 Å². The number of rotatable bonds is 5. The van der Waals surface area contributed by atoms with Crippen LogP contribution in [0.3, 0.4) is 0 Å². The maximum Gasteiger partial charge on any atom is 0.227 e. The fourth-order valence-electron chi connectivity index (χ4n) is 3.26. The number of anilines is 1. The molecule has 0 atom stereocenters. The van der Waals surface area contributed by atoms with E-state index in [0.29, 0.717) is 12.8 Å². The zero-order chi connectivity index (χ0) is 19.3. The van der Waals surface area contributed by atoms with Crippen LogP contribution in [0.15, 0.2) is 54.6 Å². The van der Waals surface area contributed by atoms with E-state index in [1.807, 2.05) is 59.5 Å². The molecule has 1 aromatic heterocycles. The number of nitrogens with zero attached hydrogens (tertiary/aromatic N) is 4. The third kappa shape index (κ3) is 4.69. The summed E-state index contributed by atoms with van der Waals surface area (Å²) >= 11 is 7.36. The minimum absolute atomic E-state index is 0.187. The van der Waals surface area contributed by atoms with E-state index >= 15 is 0 Å². The molecule has 1 amide bonds. The standard InChI is InChI=1S/C21H21ClN4OS/c22-18-8-6-17(7-9-18)14-19-23-21(28-24-19)26-12-10-25(11-13-26)20(27)15-16-4-2-1-3-5-16/h1-9H,10-15H2. The third-order valence-electron chi connectivity index (χ3n) is 4.83. The molecule has 2 heterocycles. The Hall–Kier alpha value is -2.44. The fraction of sp³-hybridized carbons (Fsp3) is 0.286. The molecule has 0 N–H and O–H groups in total. The molecule has 0 bridgehead atoms. The van der Waals surface area contributed by atoms with Gasteiger partial charge in [-0.2, -0.15) is 4.37 Å². The van der Waals surface area contributed by atoms with Crippen LogP contribution in [-0.4, -0.2) is 46.3 Å². The monoisotopic (exact) mass is 412 g/mol. The lowest BCUT2D eigenvalue weighted by molar-refractivity contribution is -0.130. The Balaban J connectivity index is 1.31. The largest absolute Gasteiger partial charge is 0.343 e. The lowest BCUT2D eigenvalue weighted by Gasteiger charge is -2.34. The van der Waals surface area contributed by atoms with Crippen molar-refractivity contribution in [3.05, 3.63) is 76.6 Å². The normalized spacial score (nSPS) is 14.3. The third-order valence-corrected chi connectivity index (χ3v) is 5.90. The number of carbonyl (C=O) groups is 1. The van der Waals surface area contributed by atoms with E-state index in [2.05, 4.69) is 14.3 Å². The predicted octanol–water partition coefficient (Wildman–Crippen LogP) is 3.67. The number of benzene rings is 2. The summed E-state index contributed by atoms with van der Waals surface area (Å²) in [5, 5.41) is 1.66. The van der Waals surface area contributed by atoms with Gasteiger partial charge in [-0.3, -0.25) is 4.79 Å². The average molecular weight is 413 g/mol. The van der Waals surface area contributed by atoms with E-state index in [9.17, 15) is 4.79 Å². The Morgan fingerprint density at radius 3 is 2.39 bits per heavy atom. The van der Waals surface area contributed by atoms with Crippen molar-refractivity contribution < 1.29 is 4.79 Å². The molecule has 0 aliphatic carbocycles. The minimum atomic E-state index is 0.187. The Labute approximate surface area is 173 Å². The smallest absolute Gasteiger partial charge is 0.227 e. The molecule has 1 fully saturated rings. The highest BCUT2D eigenvalue weighted by molar-refractivity contribution is 7.09. The molecule has 1 aliphatic rings. The van der Waals surface area contributed by atoms with E-state index in [4.69, 9.17) is 11.6 Å². The first-order valence-electron chi connectivity index (χ1n) is 9.31. The molecule has 1 saturated heterocycles. The van der Waals surface area contributed by atoms with E-state index in [-0.39, 0.29) is 5.91 Å². The zero-order valence-electron chi connectivity index (χ0n) is 15.4. The number of hydrogen-bond donors (Lipinski definition) is 0. The van der Waals surface area contributed by atoms with Crippen molar-refractivity contribution in [2.24, 2.45) is 0 Å². The van der Waals surface area contributed by atoms with Crippen LogP contribution in [-0.2, 0) is 17.6 Å². The van der Waals surface area contributed by atoms with Crippen molar-refractivity contribution in [2.45, 2.75) is 12.8 Å². The molecule has 0 spiro atoms. The van der Waals surface area contributed by atoms with Crippen LogP contribution in [0.4, 0.5) is 5.13 Å². The highest BCUT2D eigenvalue weighted by Crippen LogP contribution is 2.21. The number of piperazine rings is 1. The van der Waals surface area contributed by atoms with Gasteiger partial charge in [0, 0.05) is 49.2 Å². The predicted molar refractivity (Wildman–Crippen MR) is 113 cm³/mol. The lowest BCUT2D eigenvalue weighted by Crippen LogP contribution is -2.49. The molecule has 3 aromatic rings. The van der Waals surface area contributed by atoms with Crippen LogP contribution in [0.1, 0.15) is 17.0 Å². The second kappa shape index (κ2) is 8.71. The van der Waals surface area contributed by atoms with Crippen LogP contribution < -0.4 is 4.90 Å². The number of amides is 1. The van der Waals surface area contributed by atoms with Crippen LogP contribution in [0.5, 0.6) is 0 Å². The summed E-state index contributed by atoms with van der Waals surface area (Å²) in [6.45, 7) is 3.02. The van der Waals surface area contributed by atoms with Crippen molar-refractivity contribution >= 4 is 34.2 Å². The second-order valence-electron chi connectivity index (χ2n) is 6.83. The highest BCUT2D eigenvalue weighted by atomic mass is 35.5. The quantitative estimate of drug-likeness (QED) is 0.641. The summed E-state index contributed by atoms with van der Waals surface area (Å²) in [5.74, 6) is 1.01. The summed E-state index contributed by atoms with van der Waals surface area (Å²) in [6, 6.07) is 17.7.